The van der Waals surface area contributed by atoms with Gasteiger partial charge in [0.15, 0.2) is 0 Å². The molecular weight excluding hydrogens is 260 g/mol. The van der Waals surface area contributed by atoms with Gasteiger partial charge in [0, 0.05) is 25.2 Å². The minimum Gasteiger partial charge on any atom is -0.383 e. The van der Waals surface area contributed by atoms with E-state index in [1.807, 2.05) is 7.11 Å². The Bertz CT molecular complexity index is 424. The van der Waals surface area contributed by atoms with E-state index in [9.17, 15) is 0 Å². The van der Waals surface area contributed by atoms with Crippen LogP contribution in [0, 0.1) is 0 Å². The largest absolute Gasteiger partial charge is 0.383 e. The van der Waals surface area contributed by atoms with Gasteiger partial charge in [0.1, 0.15) is 0 Å². The number of nitrogens with one attached hydrogen (secondary N) is 1. The number of benzene rings is 1. The van der Waals surface area contributed by atoms with Crippen LogP contribution in [-0.2, 0) is 4.74 Å². The summed E-state index contributed by atoms with van der Waals surface area (Å²) in [6, 6.07) is 13.4. The highest BCUT2D eigenvalue weighted by atomic mass is 16.5. The molecule has 0 aromatic heterocycles. The van der Waals surface area contributed by atoms with E-state index in [0.29, 0.717) is 12.1 Å². The Kier molecular flexibility index (Phi) is 4.94. The summed E-state index contributed by atoms with van der Waals surface area (Å²) in [6.45, 7) is 4.15. The van der Waals surface area contributed by atoms with Gasteiger partial charge in [-0.25, -0.2) is 0 Å². The minimum atomic E-state index is 0.378. The number of likely N-dealkylation sites (N-methyl/N-ethyl adjacent to an activating group) is 1. The first-order valence-electron chi connectivity index (χ1n) is 8.37. The van der Waals surface area contributed by atoms with Crippen molar-refractivity contribution in [2.45, 2.75) is 56.8 Å². The second-order valence-corrected chi connectivity index (χ2v) is 6.48. The number of fused-ring (bicyclic) bond motifs is 2. The van der Waals surface area contributed by atoms with Gasteiger partial charge in [0.2, 0.25) is 0 Å². The SMILES string of the molecule is CCN(C1CC2CCC(C1)N2)C(COC)c1ccccc1. The first kappa shape index (κ1) is 15.0. The summed E-state index contributed by atoms with van der Waals surface area (Å²) < 4.78 is 5.54. The van der Waals surface area contributed by atoms with Gasteiger partial charge < -0.3 is 10.1 Å². The fraction of sp³-hybridized carbons (Fsp3) is 0.667. The lowest BCUT2D eigenvalue weighted by atomic mass is 9.95. The van der Waals surface area contributed by atoms with Crippen molar-refractivity contribution in [3.8, 4) is 0 Å². The fourth-order valence-electron chi connectivity index (χ4n) is 4.25. The van der Waals surface area contributed by atoms with Crippen LogP contribution in [0.25, 0.3) is 0 Å². The van der Waals surface area contributed by atoms with Crippen LogP contribution in [-0.4, -0.2) is 43.3 Å². The molecule has 2 bridgehead atoms. The first-order valence-corrected chi connectivity index (χ1v) is 8.37. The highest BCUT2D eigenvalue weighted by Crippen LogP contribution is 2.34. The molecule has 3 nitrogen and oxygen atoms in total. The van der Waals surface area contributed by atoms with Crippen molar-refractivity contribution >= 4 is 0 Å². The topological polar surface area (TPSA) is 24.5 Å². The van der Waals surface area contributed by atoms with Crippen LogP contribution >= 0.6 is 0 Å². The Labute approximate surface area is 128 Å². The molecule has 0 radical (unpaired) electrons. The van der Waals surface area contributed by atoms with Crippen LogP contribution < -0.4 is 5.32 Å². The van der Waals surface area contributed by atoms with E-state index < -0.39 is 0 Å². The molecule has 2 aliphatic heterocycles. The molecule has 1 N–H and O–H groups in total. The summed E-state index contributed by atoms with van der Waals surface area (Å²) >= 11 is 0. The van der Waals surface area contributed by atoms with Crippen molar-refractivity contribution in [3.05, 3.63) is 35.9 Å². The van der Waals surface area contributed by atoms with Gasteiger partial charge in [-0.15, -0.1) is 0 Å². The second-order valence-electron chi connectivity index (χ2n) is 6.48. The van der Waals surface area contributed by atoms with Crippen LogP contribution in [0.3, 0.4) is 0 Å². The van der Waals surface area contributed by atoms with E-state index in [1.165, 1.54) is 31.2 Å². The first-order chi connectivity index (χ1) is 10.3. The Morgan fingerprint density at radius 3 is 2.43 bits per heavy atom. The maximum Gasteiger partial charge on any atom is 0.0659 e. The third-order valence-corrected chi connectivity index (χ3v) is 5.19. The van der Waals surface area contributed by atoms with Crippen LogP contribution in [0.5, 0.6) is 0 Å². The number of piperidine rings is 1. The van der Waals surface area contributed by atoms with Crippen LogP contribution in [0.2, 0.25) is 0 Å². The molecule has 2 fully saturated rings. The molecule has 116 valence electrons. The maximum absolute atomic E-state index is 5.54. The summed E-state index contributed by atoms with van der Waals surface area (Å²) in [5.41, 5.74) is 1.38. The van der Waals surface area contributed by atoms with Crippen LogP contribution in [0.15, 0.2) is 30.3 Å². The number of hydrogen-bond donors (Lipinski definition) is 1. The molecule has 3 heteroatoms. The molecule has 3 unspecified atom stereocenters. The Morgan fingerprint density at radius 1 is 1.19 bits per heavy atom. The van der Waals surface area contributed by atoms with Crippen molar-refractivity contribution in [1.82, 2.24) is 10.2 Å². The van der Waals surface area contributed by atoms with Gasteiger partial charge in [0.25, 0.3) is 0 Å². The van der Waals surface area contributed by atoms with Gasteiger partial charge in [0.05, 0.1) is 12.6 Å². The molecule has 0 saturated carbocycles. The van der Waals surface area contributed by atoms with Gasteiger partial charge in [-0.2, -0.15) is 0 Å². The van der Waals surface area contributed by atoms with Crippen molar-refractivity contribution in [2.24, 2.45) is 0 Å². The zero-order valence-electron chi connectivity index (χ0n) is 13.3. The van der Waals surface area contributed by atoms with Crippen LogP contribution in [0.4, 0.5) is 0 Å². The predicted molar refractivity (Wildman–Crippen MR) is 86.4 cm³/mol. The Morgan fingerprint density at radius 2 is 1.86 bits per heavy atom. The molecule has 2 aliphatic rings. The number of rotatable bonds is 6. The number of ether oxygens (including phenoxy) is 1. The molecule has 2 saturated heterocycles. The molecule has 2 heterocycles. The summed E-state index contributed by atoms with van der Waals surface area (Å²) in [5, 5.41) is 3.75. The van der Waals surface area contributed by atoms with E-state index in [0.717, 1.165) is 25.2 Å². The maximum atomic E-state index is 5.54. The van der Waals surface area contributed by atoms with Crippen LogP contribution in [0.1, 0.15) is 44.2 Å². The average molecular weight is 288 g/mol. The van der Waals surface area contributed by atoms with E-state index in [4.69, 9.17) is 4.74 Å². The lowest BCUT2D eigenvalue weighted by molar-refractivity contribution is 0.0449. The molecule has 21 heavy (non-hydrogen) atoms. The molecule has 3 atom stereocenters. The van der Waals surface area contributed by atoms with Gasteiger partial charge >= 0.3 is 0 Å². The number of hydrogen-bond acceptors (Lipinski definition) is 3. The monoisotopic (exact) mass is 288 g/mol. The third-order valence-electron chi connectivity index (χ3n) is 5.19. The molecule has 1 aromatic rings. The Hall–Kier alpha value is -0.900. The van der Waals surface area contributed by atoms with Gasteiger partial charge in [-0.05, 0) is 37.8 Å². The molecular formula is C18H28N2O. The van der Waals surface area contributed by atoms with E-state index in [2.05, 4.69) is 47.5 Å². The highest BCUT2D eigenvalue weighted by Gasteiger charge is 2.37. The smallest absolute Gasteiger partial charge is 0.0659 e. The highest BCUT2D eigenvalue weighted by molar-refractivity contribution is 5.19. The molecule has 0 spiro atoms. The van der Waals surface area contributed by atoms with Gasteiger partial charge in [-0.3, -0.25) is 4.90 Å². The molecule has 0 amide bonds. The molecule has 3 rings (SSSR count). The molecule has 1 aromatic carbocycles. The standard InChI is InChI=1S/C18H28N2O/c1-3-20(17-11-15-9-10-16(12-17)19-15)18(13-21-2)14-7-5-4-6-8-14/h4-8,15-19H,3,9-13H2,1-2H3. The average Bonchev–Trinajstić information content (AvgIpc) is 2.86. The van der Waals surface area contributed by atoms with Crippen molar-refractivity contribution in [3.63, 3.8) is 0 Å². The summed E-state index contributed by atoms with van der Waals surface area (Å²) in [4.78, 5) is 2.67. The zero-order valence-corrected chi connectivity index (χ0v) is 13.3. The molecule has 0 aliphatic carbocycles. The van der Waals surface area contributed by atoms with E-state index >= 15 is 0 Å². The number of nitrogens with zero attached hydrogens (tertiary/aromatic N) is 1. The Balaban J connectivity index is 1.78. The van der Waals surface area contributed by atoms with Crippen molar-refractivity contribution < 1.29 is 4.74 Å². The zero-order chi connectivity index (χ0) is 14.7. The third kappa shape index (κ3) is 3.31. The van der Waals surface area contributed by atoms with Crippen molar-refractivity contribution in [2.75, 3.05) is 20.3 Å². The lowest BCUT2D eigenvalue weighted by Gasteiger charge is -2.41. The second kappa shape index (κ2) is 6.91. The summed E-state index contributed by atoms with van der Waals surface area (Å²) in [5.74, 6) is 0. The lowest BCUT2D eigenvalue weighted by Crippen LogP contribution is -2.50. The van der Waals surface area contributed by atoms with E-state index in [-0.39, 0.29) is 0 Å². The minimum absolute atomic E-state index is 0.378. The normalized spacial score (nSPS) is 29.8. The van der Waals surface area contributed by atoms with Gasteiger partial charge in [-0.1, -0.05) is 37.3 Å². The summed E-state index contributed by atoms with van der Waals surface area (Å²) in [7, 11) is 1.82. The predicted octanol–water partition coefficient (Wildman–Crippen LogP) is 2.98. The van der Waals surface area contributed by atoms with E-state index in [1.54, 1.807) is 0 Å². The number of methoxy groups -OCH3 is 1. The van der Waals surface area contributed by atoms with Crippen molar-refractivity contribution in [1.29, 1.82) is 0 Å². The summed E-state index contributed by atoms with van der Waals surface area (Å²) in [6.07, 6.45) is 5.30. The quantitative estimate of drug-likeness (QED) is 0.871. The fourth-order valence-corrected chi connectivity index (χ4v) is 4.25.